The molecule has 26 heavy (non-hydrogen) atoms. The number of hydrogen-bond donors (Lipinski definition) is 0. The number of aromatic nitrogens is 1. The van der Waals surface area contributed by atoms with Gasteiger partial charge in [0, 0.05) is 37.7 Å². The molecular formula is C22H27N3O. The van der Waals surface area contributed by atoms with Gasteiger partial charge in [-0.2, -0.15) is 0 Å². The molecule has 2 aliphatic rings. The highest BCUT2D eigenvalue weighted by molar-refractivity contribution is 5.74. The summed E-state index contributed by atoms with van der Waals surface area (Å²) in [6, 6.07) is 15.0. The molecule has 1 fully saturated rings. The van der Waals surface area contributed by atoms with Gasteiger partial charge >= 0.3 is 0 Å². The fourth-order valence-corrected chi connectivity index (χ4v) is 4.59. The van der Waals surface area contributed by atoms with Gasteiger partial charge in [-0.15, -0.1) is 0 Å². The second kappa shape index (κ2) is 6.84. The standard InChI is InChI=1S/C22H27N3O/c1-17-6-5-8-20(23-17)15-24-12-10-22(11-13-24)16-25(18(2)26)14-19-7-3-4-9-21(19)22/h3-9H,10-16H2,1-2H3. The number of fused-ring (bicyclic) bond motifs is 2. The van der Waals surface area contributed by atoms with Crippen LogP contribution < -0.4 is 0 Å². The zero-order chi connectivity index (χ0) is 18.1. The molecule has 0 N–H and O–H groups in total. The highest BCUT2D eigenvalue weighted by Crippen LogP contribution is 2.41. The van der Waals surface area contributed by atoms with E-state index in [4.69, 9.17) is 0 Å². The second-order valence-corrected chi connectivity index (χ2v) is 7.86. The highest BCUT2D eigenvalue weighted by atomic mass is 16.2. The van der Waals surface area contributed by atoms with Crippen LogP contribution in [0.15, 0.2) is 42.5 Å². The van der Waals surface area contributed by atoms with Crippen LogP contribution >= 0.6 is 0 Å². The maximum atomic E-state index is 12.1. The molecule has 0 atom stereocenters. The van der Waals surface area contributed by atoms with Crippen LogP contribution in [0.5, 0.6) is 0 Å². The summed E-state index contributed by atoms with van der Waals surface area (Å²) in [6.45, 7) is 8.37. The van der Waals surface area contributed by atoms with Crippen LogP contribution in [0.4, 0.5) is 0 Å². The summed E-state index contributed by atoms with van der Waals surface area (Å²) in [6.07, 6.45) is 2.19. The number of piperidine rings is 1. The maximum Gasteiger partial charge on any atom is 0.219 e. The summed E-state index contributed by atoms with van der Waals surface area (Å²) in [5.41, 5.74) is 5.12. The molecule has 1 amide bonds. The van der Waals surface area contributed by atoms with E-state index in [-0.39, 0.29) is 11.3 Å². The van der Waals surface area contributed by atoms with Gasteiger partial charge in [0.15, 0.2) is 0 Å². The van der Waals surface area contributed by atoms with Gasteiger partial charge in [0.2, 0.25) is 5.91 Å². The van der Waals surface area contributed by atoms with E-state index in [0.29, 0.717) is 0 Å². The third kappa shape index (κ3) is 3.26. The molecule has 0 aliphatic carbocycles. The number of carbonyl (C=O) groups excluding carboxylic acids is 1. The highest BCUT2D eigenvalue weighted by Gasteiger charge is 2.42. The lowest BCUT2D eigenvalue weighted by Gasteiger charge is -2.48. The third-order valence-electron chi connectivity index (χ3n) is 6.03. The molecule has 4 heteroatoms. The van der Waals surface area contributed by atoms with Crippen molar-refractivity contribution in [3.05, 3.63) is 65.0 Å². The number of aryl methyl sites for hydroxylation is 1. The van der Waals surface area contributed by atoms with Gasteiger partial charge < -0.3 is 4.90 Å². The zero-order valence-corrected chi connectivity index (χ0v) is 15.7. The Kier molecular flexibility index (Phi) is 4.53. The van der Waals surface area contributed by atoms with Gasteiger partial charge in [0.25, 0.3) is 0 Å². The topological polar surface area (TPSA) is 36.4 Å². The zero-order valence-electron chi connectivity index (χ0n) is 15.7. The summed E-state index contributed by atoms with van der Waals surface area (Å²) in [5, 5.41) is 0. The molecule has 3 heterocycles. The number of nitrogens with zero attached hydrogens (tertiary/aromatic N) is 3. The molecule has 1 aromatic carbocycles. The number of pyridine rings is 1. The van der Waals surface area contributed by atoms with Crippen molar-refractivity contribution in [2.75, 3.05) is 19.6 Å². The van der Waals surface area contributed by atoms with Gasteiger partial charge in [0.05, 0.1) is 5.69 Å². The fourth-order valence-electron chi connectivity index (χ4n) is 4.59. The minimum Gasteiger partial charge on any atom is -0.338 e. The summed E-state index contributed by atoms with van der Waals surface area (Å²) < 4.78 is 0. The SMILES string of the molecule is CC(=O)N1Cc2ccccc2C2(CCN(Cc3cccc(C)n3)CC2)C1. The van der Waals surface area contributed by atoms with Crippen molar-refractivity contribution in [2.45, 2.75) is 45.2 Å². The first kappa shape index (κ1) is 17.2. The summed E-state index contributed by atoms with van der Waals surface area (Å²) in [5.74, 6) is 0.185. The fraction of sp³-hybridized carbons (Fsp3) is 0.455. The predicted molar refractivity (Wildman–Crippen MR) is 103 cm³/mol. The Morgan fingerprint density at radius 1 is 1.12 bits per heavy atom. The number of likely N-dealkylation sites (tertiary alicyclic amines) is 1. The van der Waals surface area contributed by atoms with E-state index in [1.54, 1.807) is 6.92 Å². The minimum absolute atomic E-state index is 0.108. The van der Waals surface area contributed by atoms with E-state index in [2.05, 4.69) is 46.3 Å². The first-order chi connectivity index (χ1) is 12.6. The average Bonchev–Trinajstić information content (AvgIpc) is 2.64. The average molecular weight is 349 g/mol. The molecule has 0 radical (unpaired) electrons. The van der Waals surface area contributed by atoms with Gasteiger partial charge in [0.1, 0.15) is 0 Å². The summed E-state index contributed by atoms with van der Waals surface area (Å²) in [4.78, 5) is 21.3. The number of benzene rings is 1. The van der Waals surface area contributed by atoms with E-state index in [0.717, 1.165) is 57.0 Å². The number of hydrogen-bond acceptors (Lipinski definition) is 3. The van der Waals surface area contributed by atoms with Gasteiger partial charge in [-0.3, -0.25) is 14.7 Å². The van der Waals surface area contributed by atoms with Crippen molar-refractivity contribution >= 4 is 5.91 Å². The molecule has 0 unspecified atom stereocenters. The Hall–Kier alpha value is -2.20. The molecule has 2 aliphatic heterocycles. The van der Waals surface area contributed by atoms with Crippen molar-refractivity contribution < 1.29 is 4.79 Å². The van der Waals surface area contributed by atoms with Crippen LogP contribution in [-0.2, 0) is 23.3 Å². The molecule has 1 spiro atoms. The van der Waals surface area contributed by atoms with E-state index >= 15 is 0 Å². The predicted octanol–water partition coefficient (Wildman–Crippen LogP) is 3.29. The first-order valence-electron chi connectivity index (χ1n) is 9.55. The monoisotopic (exact) mass is 349 g/mol. The molecule has 4 nitrogen and oxygen atoms in total. The quantitative estimate of drug-likeness (QED) is 0.835. The molecule has 1 saturated heterocycles. The lowest BCUT2D eigenvalue weighted by molar-refractivity contribution is -0.131. The van der Waals surface area contributed by atoms with Crippen LogP contribution in [0.2, 0.25) is 0 Å². The van der Waals surface area contributed by atoms with Crippen LogP contribution in [0.3, 0.4) is 0 Å². The van der Waals surface area contributed by atoms with Crippen molar-refractivity contribution in [1.29, 1.82) is 0 Å². The molecule has 4 rings (SSSR count). The van der Waals surface area contributed by atoms with Crippen LogP contribution in [0.25, 0.3) is 0 Å². The Balaban J connectivity index is 1.52. The van der Waals surface area contributed by atoms with Crippen molar-refractivity contribution in [3.63, 3.8) is 0 Å². The molecule has 2 aromatic rings. The van der Waals surface area contributed by atoms with E-state index in [1.807, 2.05) is 17.9 Å². The van der Waals surface area contributed by atoms with Gasteiger partial charge in [-0.1, -0.05) is 30.3 Å². The van der Waals surface area contributed by atoms with E-state index < -0.39 is 0 Å². The Morgan fingerprint density at radius 2 is 1.88 bits per heavy atom. The minimum atomic E-state index is 0.108. The first-order valence-corrected chi connectivity index (χ1v) is 9.55. The molecule has 0 saturated carbocycles. The van der Waals surface area contributed by atoms with Crippen LogP contribution in [0, 0.1) is 6.92 Å². The molecule has 136 valence electrons. The van der Waals surface area contributed by atoms with Crippen molar-refractivity contribution in [2.24, 2.45) is 0 Å². The second-order valence-electron chi connectivity index (χ2n) is 7.86. The molecule has 0 bridgehead atoms. The van der Waals surface area contributed by atoms with Crippen molar-refractivity contribution in [3.8, 4) is 0 Å². The maximum absolute atomic E-state index is 12.1. The number of carbonyl (C=O) groups is 1. The smallest absolute Gasteiger partial charge is 0.219 e. The largest absolute Gasteiger partial charge is 0.338 e. The van der Waals surface area contributed by atoms with E-state index in [9.17, 15) is 4.79 Å². The molecular weight excluding hydrogens is 322 g/mol. The van der Waals surface area contributed by atoms with Crippen molar-refractivity contribution in [1.82, 2.24) is 14.8 Å². The summed E-state index contributed by atoms with van der Waals surface area (Å²) >= 11 is 0. The Bertz CT molecular complexity index is 809. The number of amides is 1. The van der Waals surface area contributed by atoms with Crippen LogP contribution in [0.1, 0.15) is 42.3 Å². The summed E-state index contributed by atoms with van der Waals surface area (Å²) in [7, 11) is 0. The van der Waals surface area contributed by atoms with Gasteiger partial charge in [-0.25, -0.2) is 0 Å². The third-order valence-corrected chi connectivity index (χ3v) is 6.03. The number of rotatable bonds is 2. The van der Waals surface area contributed by atoms with Gasteiger partial charge in [-0.05, 0) is 56.1 Å². The lowest BCUT2D eigenvalue weighted by Crippen LogP contribution is -2.52. The Morgan fingerprint density at radius 3 is 2.62 bits per heavy atom. The van der Waals surface area contributed by atoms with Crippen LogP contribution in [-0.4, -0.2) is 40.3 Å². The molecule has 1 aromatic heterocycles. The lowest BCUT2D eigenvalue weighted by atomic mass is 9.69. The Labute approximate surface area is 155 Å². The normalized spacial score (nSPS) is 19.4. The van der Waals surface area contributed by atoms with E-state index in [1.165, 1.54) is 11.1 Å².